The van der Waals surface area contributed by atoms with Crippen LogP contribution in [0.25, 0.3) is 44.5 Å². The van der Waals surface area contributed by atoms with Gasteiger partial charge in [-0.2, -0.15) is 0 Å². The quantitative estimate of drug-likeness (QED) is 0.0514. The predicted molar refractivity (Wildman–Crippen MR) is 328 cm³/mol. The third-order valence-electron chi connectivity index (χ3n) is 16.9. The zero-order valence-electron chi connectivity index (χ0n) is 48.2. The molecule has 12 aromatic rings. The topological polar surface area (TPSA) is 0 Å². The summed E-state index contributed by atoms with van der Waals surface area (Å²) in [5.74, 6) is -47.1. The number of halogens is 16. The molecule has 464 valence electrons. The molecule has 0 N–H and O–H groups in total. The summed E-state index contributed by atoms with van der Waals surface area (Å²) in [6.45, 7) is 0. The van der Waals surface area contributed by atoms with Crippen molar-refractivity contribution in [3.63, 3.8) is 0 Å². The smallest absolute Gasteiger partial charge is 0.166 e. The van der Waals surface area contributed by atoms with Gasteiger partial charge in [-0.15, -0.1) is 21.9 Å². The second-order valence-electron chi connectivity index (χ2n) is 22.5. The first-order valence-corrected chi connectivity index (χ1v) is 28.9. The summed E-state index contributed by atoms with van der Waals surface area (Å²) in [5, 5.41) is 0. The summed E-state index contributed by atoms with van der Waals surface area (Å²) in [6, 6.07) is 51.4. The van der Waals surface area contributed by atoms with Gasteiger partial charge in [0, 0.05) is 0 Å². The number of rotatable bonds is 16. The fourth-order valence-corrected chi connectivity index (χ4v) is 12.5. The Morgan fingerprint density at radius 1 is 0.161 bits per heavy atom. The van der Waals surface area contributed by atoms with Crippen LogP contribution in [0.5, 0.6) is 0 Å². The average Bonchev–Trinajstić information content (AvgIpc) is 0.680. The molecule has 0 spiro atoms. The van der Waals surface area contributed by atoms with E-state index in [9.17, 15) is 0 Å². The first-order chi connectivity index (χ1) is 44.8. The summed E-state index contributed by atoms with van der Waals surface area (Å²) in [5.41, 5.74) is -17.7. The lowest BCUT2D eigenvalue weighted by atomic mass is 9.12. The van der Waals surface area contributed by atoms with Crippen molar-refractivity contribution >= 4 is 28.0 Å². The molecule has 93 heavy (non-hydrogen) atoms. The molecule has 12 rings (SSSR count). The zero-order chi connectivity index (χ0) is 65.6. The number of hydrogen-bond acceptors (Lipinski definition) is 0. The Labute approximate surface area is 522 Å². The van der Waals surface area contributed by atoms with Gasteiger partial charge in [-0.1, -0.05) is 218 Å². The summed E-state index contributed by atoms with van der Waals surface area (Å²) in [6.07, 6.45) is -6.31. The van der Waals surface area contributed by atoms with Crippen molar-refractivity contribution in [1.82, 2.24) is 0 Å². The third kappa shape index (κ3) is 11.3. The largest absolute Gasteiger partial charge is 0.207 e. The fraction of sp³-hybridized carbons (Fsp3) is 0.0526. The van der Waals surface area contributed by atoms with E-state index in [1.54, 1.807) is 121 Å². The molecule has 0 radical (unpaired) electrons. The molecule has 0 saturated carbocycles. The van der Waals surface area contributed by atoms with E-state index in [0.29, 0.717) is 44.5 Å². The van der Waals surface area contributed by atoms with Gasteiger partial charge in [0.25, 0.3) is 0 Å². The van der Waals surface area contributed by atoms with Crippen molar-refractivity contribution in [2.45, 2.75) is 25.7 Å². The van der Waals surface area contributed by atoms with Gasteiger partial charge in [0.05, 0.1) is 22.3 Å². The molecule has 0 aliphatic rings. The highest BCUT2D eigenvalue weighted by Gasteiger charge is 2.52. The van der Waals surface area contributed by atoms with Crippen LogP contribution < -0.4 is 21.9 Å². The summed E-state index contributed by atoms with van der Waals surface area (Å²) < 4.78 is 287. The summed E-state index contributed by atoms with van der Waals surface area (Å²) in [7, 11) is 0. The van der Waals surface area contributed by atoms with Gasteiger partial charge in [-0.25, -0.2) is 70.2 Å². The van der Waals surface area contributed by atoms with Crippen molar-refractivity contribution < 1.29 is 70.2 Å². The Bertz CT molecular complexity index is 4070. The minimum atomic E-state index is -7.00. The average molecular weight is 1270 g/mol. The highest BCUT2D eigenvalue weighted by Crippen LogP contribution is 2.39. The van der Waals surface area contributed by atoms with Gasteiger partial charge in [0.1, 0.15) is 52.7 Å². The molecule has 0 bridgehead atoms. The van der Waals surface area contributed by atoms with Gasteiger partial charge >= 0.3 is 0 Å². The first-order valence-electron chi connectivity index (χ1n) is 28.9. The molecule has 0 nitrogen and oxygen atoms in total. The fourth-order valence-electron chi connectivity index (χ4n) is 12.5. The first kappa shape index (κ1) is 62.8. The molecule has 0 aliphatic heterocycles. The van der Waals surface area contributed by atoms with Crippen LogP contribution in [0.3, 0.4) is 0 Å². The molecule has 12 aromatic carbocycles. The van der Waals surface area contributed by atoms with Crippen LogP contribution in [0.15, 0.2) is 218 Å². The van der Waals surface area contributed by atoms with E-state index < -0.39 is 166 Å². The Kier molecular flexibility index (Phi) is 17.3. The van der Waals surface area contributed by atoms with E-state index in [-0.39, 0.29) is 25.7 Å². The SMILES string of the molecule is Fc1c(F)c([B-](c2c(F)c(F)c(-c3ccc(Cc4ccccc4)cc3)c(F)c2F)(c2c(F)c(F)c(-c3ccc(Cc4ccccc4)cc3)c(F)c2F)c2c(F)c(F)c(-c3ccc(Cc4ccccc4)cc3)c(F)c2F)c(F)c(F)c1-c1ccc(Cc2ccccc2)cc1. The van der Waals surface area contributed by atoms with Crippen molar-refractivity contribution in [1.29, 1.82) is 0 Å². The second-order valence-corrected chi connectivity index (χ2v) is 22.5. The normalized spacial score (nSPS) is 11.6. The second kappa shape index (κ2) is 25.7. The molecular formula is C76H44BF16-. The van der Waals surface area contributed by atoms with Crippen molar-refractivity contribution in [3.05, 3.63) is 356 Å². The molecule has 0 heterocycles. The minimum absolute atomic E-state index is 0.173. The Morgan fingerprint density at radius 3 is 0.452 bits per heavy atom. The summed E-state index contributed by atoms with van der Waals surface area (Å²) in [4.78, 5) is 0. The third-order valence-corrected chi connectivity index (χ3v) is 16.9. The van der Waals surface area contributed by atoms with Gasteiger partial charge in [-0.05, 0) is 92.4 Å². The predicted octanol–water partition coefficient (Wildman–Crippen LogP) is 18.3. The molecule has 17 heteroatoms. The lowest BCUT2D eigenvalue weighted by molar-refractivity contribution is 0.457. The van der Waals surface area contributed by atoms with E-state index in [0.717, 1.165) is 48.5 Å². The molecule has 0 amide bonds. The minimum Gasteiger partial charge on any atom is -0.207 e. The highest BCUT2D eigenvalue weighted by molar-refractivity contribution is 7.20. The van der Waals surface area contributed by atoms with Crippen LogP contribution in [0.4, 0.5) is 70.2 Å². The van der Waals surface area contributed by atoms with E-state index in [2.05, 4.69) is 0 Å². The molecule has 0 unspecified atom stereocenters. The molecule has 0 fully saturated rings. The molecule has 0 aliphatic carbocycles. The van der Waals surface area contributed by atoms with E-state index in [1.165, 1.54) is 48.5 Å². The Morgan fingerprint density at radius 2 is 0.301 bits per heavy atom. The maximum atomic E-state index is 18.3. The van der Waals surface area contributed by atoms with E-state index in [1.807, 2.05) is 0 Å². The van der Waals surface area contributed by atoms with E-state index >= 15 is 70.2 Å². The monoisotopic (exact) mass is 1270 g/mol. The van der Waals surface area contributed by atoms with Crippen molar-refractivity contribution in [2.24, 2.45) is 0 Å². The van der Waals surface area contributed by atoms with Crippen LogP contribution >= 0.6 is 0 Å². The maximum absolute atomic E-state index is 18.3. The highest BCUT2D eigenvalue weighted by atomic mass is 19.2. The maximum Gasteiger partial charge on any atom is 0.166 e. The van der Waals surface area contributed by atoms with Crippen LogP contribution in [0.1, 0.15) is 44.5 Å². The Hall–Kier alpha value is -10.4. The van der Waals surface area contributed by atoms with Crippen molar-refractivity contribution in [3.8, 4) is 44.5 Å². The summed E-state index contributed by atoms with van der Waals surface area (Å²) >= 11 is 0. The van der Waals surface area contributed by atoms with Crippen LogP contribution in [-0.4, -0.2) is 6.15 Å². The van der Waals surface area contributed by atoms with Gasteiger partial charge in [0.15, 0.2) is 46.5 Å². The molecule has 0 atom stereocenters. The van der Waals surface area contributed by atoms with Crippen LogP contribution in [0, 0.1) is 93.1 Å². The molecular weight excluding hydrogens is 1230 g/mol. The van der Waals surface area contributed by atoms with Crippen molar-refractivity contribution in [2.75, 3.05) is 0 Å². The number of hydrogen-bond donors (Lipinski definition) is 0. The van der Waals surface area contributed by atoms with Gasteiger partial charge in [-0.3, -0.25) is 0 Å². The van der Waals surface area contributed by atoms with Crippen LogP contribution in [0.2, 0.25) is 0 Å². The Balaban J connectivity index is 1.17. The lowest BCUT2D eigenvalue weighted by Gasteiger charge is -2.45. The molecule has 0 aromatic heterocycles. The zero-order valence-corrected chi connectivity index (χ0v) is 48.2. The van der Waals surface area contributed by atoms with E-state index in [4.69, 9.17) is 0 Å². The number of benzene rings is 12. The van der Waals surface area contributed by atoms with Gasteiger partial charge in [0.2, 0.25) is 0 Å². The van der Waals surface area contributed by atoms with Gasteiger partial charge < -0.3 is 0 Å². The lowest BCUT2D eigenvalue weighted by Crippen LogP contribution is -2.81. The molecule has 0 saturated heterocycles. The standard InChI is InChI=1S/C76H44BF16/c78-61-53(49-29-21-45(22-30-49)37-41-13-5-1-6-14-41)62(79)70(87)57(69(61)86)77(58-71(88)63(80)54(64(81)72(58)89)50-31-23-46(24-32-50)38-42-15-7-2-8-16-42,59-73(90)65(82)55(66(83)74(59)91)51-33-25-47(26-34-51)39-43-17-9-3-10-18-43)60-75(92)67(84)56(68(85)76(60)93)52-35-27-48(28-36-52)40-44-19-11-4-12-20-44/h1-36H,37-40H2/q-1. The van der Waals surface area contributed by atoms with Crippen LogP contribution in [-0.2, 0) is 25.7 Å².